The van der Waals surface area contributed by atoms with E-state index in [9.17, 15) is 9.59 Å². The van der Waals surface area contributed by atoms with E-state index < -0.39 is 12.0 Å². The summed E-state index contributed by atoms with van der Waals surface area (Å²) >= 11 is 17.7. The summed E-state index contributed by atoms with van der Waals surface area (Å²) in [6, 6.07) is 18.1. The molecule has 0 saturated carbocycles. The quantitative estimate of drug-likeness (QED) is 0.204. The van der Waals surface area contributed by atoms with Crippen LogP contribution in [0, 0.1) is 6.92 Å². The summed E-state index contributed by atoms with van der Waals surface area (Å²) in [6.07, 6.45) is 1.76. The maximum absolute atomic E-state index is 13.9. The Morgan fingerprint density at radius 2 is 1.83 bits per heavy atom. The molecule has 1 atom stereocenters. The van der Waals surface area contributed by atoms with E-state index in [4.69, 9.17) is 32.7 Å². The van der Waals surface area contributed by atoms with Gasteiger partial charge in [0.25, 0.3) is 5.56 Å². The molecular formula is C31H25BrCl2N2O4S. The number of hydrogen-bond acceptors (Lipinski definition) is 6. The van der Waals surface area contributed by atoms with Gasteiger partial charge in [0.2, 0.25) is 0 Å². The molecule has 10 heteroatoms. The number of halogens is 3. The third-order valence-corrected chi connectivity index (χ3v) is 8.78. The fourth-order valence-electron chi connectivity index (χ4n) is 4.57. The average molecular weight is 672 g/mol. The van der Waals surface area contributed by atoms with Crippen molar-refractivity contribution >= 4 is 62.5 Å². The fraction of sp³-hybridized carbons (Fsp3) is 0.194. The van der Waals surface area contributed by atoms with Gasteiger partial charge in [0, 0.05) is 10.6 Å². The van der Waals surface area contributed by atoms with E-state index >= 15 is 0 Å². The van der Waals surface area contributed by atoms with E-state index in [2.05, 4.69) is 20.9 Å². The molecule has 3 aromatic carbocycles. The highest BCUT2D eigenvalue weighted by molar-refractivity contribution is 9.10. The van der Waals surface area contributed by atoms with Crippen molar-refractivity contribution in [1.29, 1.82) is 0 Å². The number of thiazole rings is 1. The summed E-state index contributed by atoms with van der Waals surface area (Å²) in [4.78, 5) is 32.0. The molecule has 2 heterocycles. The average Bonchev–Trinajstić information content (AvgIpc) is 3.23. The zero-order valence-corrected chi connectivity index (χ0v) is 26.3. The summed E-state index contributed by atoms with van der Waals surface area (Å²) in [7, 11) is 0. The first-order valence-corrected chi connectivity index (χ1v) is 15.2. The molecule has 0 radical (unpaired) electrons. The Balaban J connectivity index is 1.56. The molecule has 0 saturated heterocycles. The van der Waals surface area contributed by atoms with Gasteiger partial charge in [-0.05, 0) is 72.1 Å². The highest BCUT2D eigenvalue weighted by atomic mass is 79.9. The number of carbonyl (C=O) groups excluding carboxylic acids is 1. The highest BCUT2D eigenvalue weighted by Crippen LogP contribution is 2.36. The first-order valence-electron chi connectivity index (χ1n) is 12.8. The lowest BCUT2D eigenvalue weighted by Crippen LogP contribution is -2.39. The van der Waals surface area contributed by atoms with Crippen LogP contribution in [0.1, 0.15) is 42.1 Å². The summed E-state index contributed by atoms with van der Waals surface area (Å²) < 4.78 is 14.0. The second-order valence-electron chi connectivity index (χ2n) is 9.41. The van der Waals surface area contributed by atoms with Crippen molar-refractivity contribution in [3.05, 3.63) is 128 Å². The summed E-state index contributed by atoms with van der Waals surface area (Å²) in [5.74, 6) is -0.0176. The van der Waals surface area contributed by atoms with Crippen LogP contribution in [0.4, 0.5) is 0 Å². The molecule has 1 aliphatic heterocycles. The van der Waals surface area contributed by atoms with E-state index in [0.29, 0.717) is 46.4 Å². The third-order valence-electron chi connectivity index (χ3n) is 6.56. The van der Waals surface area contributed by atoms with Crippen LogP contribution in [0.2, 0.25) is 10.0 Å². The van der Waals surface area contributed by atoms with Crippen LogP contribution < -0.4 is 19.6 Å². The van der Waals surface area contributed by atoms with Crippen molar-refractivity contribution in [1.82, 2.24) is 4.57 Å². The first-order chi connectivity index (χ1) is 19.7. The predicted molar refractivity (Wildman–Crippen MR) is 167 cm³/mol. The molecule has 0 unspecified atom stereocenters. The molecule has 0 amide bonds. The van der Waals surface area contributed by atoms with Crippen LogP contribution in [0.25, 0.3) is 6.08 Å². The highest BCUT2D eigenvalue weighted by Gasteiger charge is 2.33. The number of allylic oxidation sites excluding steroid dienone is 1. The summed E-state index contributed by atoms with van der Waals surface area (Å²) in [6.45, 7) is 5.97. The number of aryl methyl sites for hydroxylation is 1. The molecule has 6 nitrogen and oxygen atoms in total. The number of aromatic nitrogens is 1. The predicted octanol–water partition coefficient (Wildman–Crippen LogP) is 6.76. The Labute approximate surface area is 259 Å². The lowest BCUT2D eigenvalue weighted by Gasteiger charge is -2.24. The Hall–Kier alpha value is -3.17. The zero-order valence-electron chi connectivity index (χ0n) is 22.4. The van der Waals surface area contributed by atoms with Crippen molar-refractivity contribution in [2.75, 3.05) is 6.61 Å². The van der Waals surface area contributed by atoms with Crippen LogP contribution in [0.15, 0.2) is 86.2 Å². The number of benzene rings is 3. The molecule has 1 aromatic heterocycles. The monoisotopic (exact) mass is 670 g/mol. The summed E-state index contributed by atoms with van der Waals surface area (Å²) in [5, 5.41) is 0.987. The van der Waals surface area contributed by atoms with Gasteiger partial charge >= 0.3 is 5.97 Å². The van der Waals surface area contributed by atoms with Gasteiger partial charge in [-0.3, -0.25) is 9.36 Å². The van der Waals surface area contributed by atoms with E-state index in [1.54, 1.807) is 36.6 Å². The lowest BCUT2D eigenvalue weighted by atomic mass is 9.95. The molecule has 0 fully saturated rings. The number of ether oxygens (including phenoxy) is 2. The summed E-state index contributed by atoms with van der Waals surface area (Å²) in [5.41, 5.74) is 4.01. The number of carbonyl (C=O) groups is 1. The Morgan fingerprint density at radius 3 is 2.51 bits per heavy atom. The van der Waals surface area contributed by atoms with Crippen molar-refractivity contribution < 1.29 is 14.3 Å². The molecule has 0 aliphatic carbocycles. The SMILES string of the molecule is CCOC(=O)C1=C(C)N=c2s/c(=C/c3cc(Cl)c(OCc4ccccc4Cl)c(Br)c3)c(=O)n2[C@@H]1c1ccc(C)cc1. The van der Waals surface area contributed by atoms with Gasteiger partial charge in [-0.25, -0.2) is 9.79 Å². The number of nitrogens with zero attached hydrogens (tertiary/aromatic N) is 2. The van der Waals surface area contributed by atoms with Crippen molar-refractivity contribution in [2.45, 2.75) is 33.4 Å². The minimum atomic E-state index is -0.663. The van der Waals surface area contributed by atoms with Crippen LogP contribution in [-0.2, 0) is 16.1 Å². The van der Waals surface area contributed by atoms with Gasteiger partial charge in [0.1, 0.15) is 6.61 Å². The van der Waals surface area contributed by atoms with Gasteiger partial charge in [0.05, 0.1) is 37.9 Å². The molecule has 5 rings (SSSR count). The third kappa shape index (κ3) is 6.06. The first kappa shape index (κ1) is 29.3. The molecule has 4 aromatic rings. The van der Waals surface area contributed by atoms with E-state index in [-0.39, 0.29) is 18.8 Å². The topological polar surface area (TPSA) is 69.9 Å². The smallest absolute Gasteiger partial charge is 0.338 e. The normalized spacial score (nSPS) is 15.0. The van der Waals surface area contributed by atoms with Crippen LogP contribution in [-0.4, -0.2) is 17.1 Å². The molecule has 210 valence electrons. The molecule has 0 spiro atoms. The molecule has 0 N–H and O–H groups in total. The number of rotatable bonds is 7. The van der Waals surface area contributed by atoms with Gasteiger partial charge in [-0.15, -0.1) is 0 Å². The van der Waals surface area contributed by atoms with Gasteiger partial charge in [-0.1, -0.05) is 82.6 Å². The minimum absolute atomic E-state index is 0.217. The van der Waals surface area contributed by atoms with Crippen molar-refractivity contribution in [2.24, 2.45) is 4.99 Å². The fourth-order valence-corrected chi connectivity index (χ4v) is 6.80. The number of esters is 1. The maximum atomic E-state index is 13.9. The zero-order chi connectivity index (χ0) is 29.3. The van der Waals surface area contributed by atoms with E-state index in [1.165, 1.54) is 11.3 Å². The maximum Gasteiger partial charge on any atom is 0.338 e. The molecule has 0 bridgehead atoms. The van der Waals surface area contributed by atoms with E-state index in [1.807, 2.05) is 55.5 Å². The van der Waals surface area contributed by atoms with E-state index in [0.717, 1.165) is 16.7 Å². The van der Waals surface area contributed by atoms with Crippen molar-refractivity contribution in [3.8, 4) is 5.75 Å². The second kappa shape index (κ2) is 12.4. The molecule has 41 heavy (non-hydrogen) atoms. The minimum Gasteiger partial charge on any atom is -0.486 e. The number of fused-ring (bicyclic) bond motifs is 1. The standard InChI is InChI=1S/C31H25BrCl2N2O4S/c1-4-39-30(38)26-18(3)35-31-36(27(26)20-11-9-17(2)10-12-20)29(37)25(41-31)15-19-13-22(32)28(24(34)14-19)40-16-21-7-5-6-8-23(21)33/h5-15,27H,4,16H2,1-3H3/b25-15+/t27-/m1/s1. The van der Waals surface area contributed by atoms with Crippen LogP contribution >= 0.6 is 50.5 Å². The molecular weight excluding hydrogens is 647 g/mol. The second-order valence-corrected chi connectivity index (χ2v) is 12.1. The largest absolute Gasteiger partial charge is 0.486 e. The Bertz CT molecular complexity index is 1840. The van der Waals surface area contributed by atoms with Crippen LogP contribution in [0.3, 0.4) is 0 Å². The van der Waals surface area contributed by atoms with Gasteiger partial charge in [0.15, 0.2) is 10.6 Å². The molecule has 1 aliphatic rings. The Kier molecular flexibility index (Phi) is 8.85. The lowest BCUT2D eigenvalue weighted by molar-refractivity contribution is -0.139. The van der Waals surface area contributed by atoms with Gasteiger partial charge < -0.3 is 9.47 Å². The Morgan fingerprint density at radius 1 is 1.10 bits per heavy atom. The number of hydrogen-bond donors (Lipinski definition) is 0. The van der Waals surface area contributed by atoms with Gasteiger partial charge in [-0.2, -0.15) is 0 Å². The van der Waals surface area contributed by atoms with Crippen molar-refractivity contribution in [3.63, 3.8) is 0 Å². The van der Waals surface area contributed by atoms with Crippen LogP contribution in [0.5, 0.6) is 5.75 Å².